The summed E-state index contributed by atoms with van der Waals surface area (Å²) in [5.41, 5.74) is 0.809. The molecule has 0 bridgehead atoms. The summed E-state index contributed by atoms with van der Waals surface area (Å²) >= 11 is 0. The average Bonchev–Trinajstić information content (AvgIpc) is 3.08. The van der Waals surface area contributed by atoms with Crippen LogP contribution < -0.4 is 5.32 Å². The first-order valence-electron chi connectivity index (χ1n) is 8.62. The highest BCUT2D eigenvalue weighted by Crippen LogP contribution is 2.22. The van der Waals surface area contributed by atoms with E-state index in [0.29, 0.717) is 29.7 Å². The van der Waals surface area contributed by atoms with Gasteiger partial charge in [-0.15, -0.1) is 0 Å². The third kappa shape index (κ3) is 4.02. The molecule has 0 unspecified atom stereocenters. The van der Waals surface area contributed by atoms with Crippen molar-refractivity contribution in [2.24, 2.45) is 0 Å². The molecule has 2 amide bonds. The van der Waals surface area contributed by atoms with E-state index >= 15 is 0 Å². The number of amides is 2. The van der Waals surface area contributed by atoms with E-state index in [1.165, 1.54) is 4.90 Å². The van der Waals surface area contributed by atoms with Crippen LogP contribution in [0.5, 0.6) is 0 Å². The zero-order valence-corrected chi connectivity index (χ0v) is 15.4. The van der Waals surface area contributed by atoms with Gasteiger partial charge in [-0.25, -0.2) is 14.2 Å². The van der Waals surface area contributed by atoms with Crippen molar-refractivity contribution >= 4 is 29.1 Å². The smallest absolute Gasteiger partial charge is 0.416 e. The number of ether oxygens (including phenoxy) is 1. The summed E-state index contributed by atoms with van der Waals surface area (Å²) in [7, 11) is 0. The van der Waals surface area contributed by atoms with Gasteiger partial charge in [0.05, 0.1) is 23.3 Å². The molecule has 1 saturated heterocycles. The van der Waals surface area contributed by atoms with Crippen LogP contribution in [0.2, 0.25) is 0 Å². The molecule has 0 spiro atoms. The molecule has 0 aliphatic carbocycles. The molecule has 2 aromatic rings. The molecule has 2 aromatic heterocycles. The lowest BCUT2D eigenvalue weighted by molar-refractivity contribution is -0.130. The van der Waals surface area contributed by atoms with Gasteiger partial charge in [0.15, 0.2) is 0 Å². The number of carbonyl (C=O) groups excluding carboxylic acids is 2. The van der Waals surface area contributed by atoms with E-state index in [2.05, 4.69) is 10.3 Å². The van der Waals surface area contributed by atoms with Gasteiger partial charge in [-0.3, -0.25) is 9.78 Å². The highest BCUT2D eigenvalue weighted by molar-refractivity contribution is 5.89. The van der Waals surface area contributed by atoms with Gasteiger partial charge in [-0.2, -0.15) is 0 Å². The number of hydrogen-bond acceptors (Lipinski definition) is 5. The van der Waals surface area contributed by atoms with Crippen LogP contribution >= 0.6 is 0 Å². The zero-order chi connectivity index (χ0) is 19.8. The monoisotopic (exact) mass is 374 g/mol. The molecule has 9 nitrogen and oxygen atoms in total. The molecule has 1 atom stereocenters. The van der Waals surface area contributed by atoms with Crippen LogP contribution in [-0.4, -0.2) is 55.8 Å². The maximum absolute atomic E-state index is 12.6. The van der Waals surface area contributed by atoms with Crippen LogP contribution in [0.25, 0.3) is 11.0 Å². The first-order valence-corrected chi connectivity index (χ1v) is 8.62. The lowest BCUT2D eigenvalue weighted by Gasteiger charge is -2.21. The van der Waals surface area contributed by atoms with E-state index in [-0.39, 0.29) is 12.5 Å². The molecule has 27 heavy (non-hydrogen) atoms. The fourth-order valence-corrected chi connectivity index (χ4v) is 3.10. The normalized spacial score (nSPS) is 17.4. The van der Waals surface area contributed by atoms with Crippen LogP contribution in [-0.2, 0) is 16.1 Å². The lowest BCUT2D eigenvalue weighted by atomic mass is 10.2. The maximum atomic E-state index is 12.6. The predicted octanol–water partition coefficient (Wildman–Crippen LogP) is 2.19. The number of carboxylic acid groups (broad SMARTS) is 1. The average molecular weight is 374 g/mol. The van der Waals surface area contributed by atoms with E-state index < -0.39 is 23.8 Å². The molecule has 0 saturated carbocycles. The number of aromatic nitrogens is 2. The molecule has 3 rings (SSSR count). The van der Waals surface area contributed by atoms with Crippen LogP contribution in [0, 0.1) is 0 Å². The van der Waals surface area contributed by atoms with Gasteiger partial charge in [-0.05, 0) is 45.4 Å². The fraction of sp³-hybridized carbons (Fsp3) is 0.444. The first kappa shape index (κ1) is 18.7. The summed E-state index contributed by atoms with van der Waals surface area (Å²) < 4.78 is 6.31. The highest BCUT2D eigenvalue weighted by Gasteiger charge is 2.34. The molecule has 2 N–H and O–H groups in total. The molecular weight excluding hydrogens is 352 g/mol. The standard InChI is InChI=1S/C18H22N4O5/c1-18(2,3)27-16(24)20-12-6-8-21(15(12)23)10-11-9-13-14(5-4-7-19-13)22(11)17(25)26/h4-5,7,9,12H,6,8,10H2,1-3H3,(H,20,24)(H,25,26)/t12-/m0/s1. The third-order valence-corrected chi connectivity index (χ3v) is 4.18. The van der Waals surface area contributed by atoms with Gasteiger partial charge in [0.2, 0.25) is 5.91 Å². The largest absolute Gasteiger partial charge is 0.464 e. The summed E-state index contributed by atoms with van der Waals surface area (Å²) in [5.74, 6) is -0.268. The minimum Gasteiger partial charge on any atom is -0.464 e. The Balaban J connectivity index is 1.73. The van der Waals surface area contributed by atoms with E-state index in [9.17, 15) is 19.5 Å². The number of nitrogens with zero attached hydrogens (tertiary/aromatic N) is 3. The van der Waals surface area contributed by atoms with Crippen molar-refractivity contribution in [3.8, 4) is 0 Å². The van der Waals surface area contributed by atoms with Gasteiger partial charge in [0.1, 0.15) is 11.6 Å². The minimum atomic E-state index is -1.14. The van der Waals surface area contributed by atoms with E-state index in [1.807, 2.05) is 0 Å². The Hall–Kier alpha value is -3.10. The summed E-state index contributed by atoms with van der Waals surface area (Å²) in [6.45, 7) is 5.76. The number of rotatable bonds is 3. The summed E-state index contributed by atoms with van der Waals surface area (Å²) in [5, 5.41) is 12.1. The van der Waals surface area contributed by atoms with Crippen LogP contribution in [0.15, 0.2) is 24.4 Å². The second-order valence-electron chi connectivity index (χ2n) is 7.41. The Kier molecular flexibility index (Phi) is 4.77. The number of carbonyl (C=O) groups is 3. The van der Waals surface area contributed by atoms with E-state index in [0.717, 1.165) is 4.57 Å². The number of pyridine rings is 1. The Morgan fingerprint density at radius 1 is 1.41 bits per heavy atom. The molecule has 3 heterocycles. The molecule has 144 valence electrons. The molecule has 0 aromatic carbocycles. The Bertz CT molecular complexity index is 899. The summed E-state index contributed by atoms with van der Waals surface area (Å²) in [6, 6.07) is 4.30. The lowest BCUT2D eigenvalue weighted by Crippen LogP contribution is -2.43. The van der Waals surface area contributed by atoms with Crippen LogP contribution in [0.4, 0.5) is 9.59 Å². The predicted molar refractivity (Wildman–Crippen MR) is 96.3 cm³/mol. The van der Waals surface area contributed by atoms with Gasteiger partial charge in [0, 0.05) is 12.7 Å². The minimum absolute atomic E-state index is 0.119. The Labute approximate surface area is 155 Å². The summed E-state index contributed by atoms with van der Waals surface area (Å²) in [6.07, 6.45) is 0.235. The van der Waals surface area contributed by atoms with E-state index in [1.54, 1.807) is 45.2 Å². The second-order valence-corrected chi connectivity index (χ2v) is 7.41. The number of alkyl carbamates (subject to hydrolysis) is 1. The van der Waals surface area contributed by atoms with Crippen molar-refractivity contribution < 1.29 is 24.2 Å². The SMILES string of the molecule is CC(C)(C)OC(=O)N[C@H]1CCN(Cc2cc3ncccc3n2C(=O)O)C1=O. The van der Waals surface area contributed by atoms with Crippen LogP contribution in [0.1, 0.15) is 32.9 Å². The number of hydrogen-bond donors (Lipinski definition) is 2. The second kappa shape index (κ2) is 6.90. The van der Waals surface area contributed by atoms with Gasteiger partial charge >= 0.3 is 12.2 Å². The van der Waals surface area contributed by atoms with Gasteiger partial charge in [0.25, 0.3) is 0 Å². The van der Waals surface area contributed by atoms with Gasteiger partial charge < -0.3 is 20.1 Å². The van der Waals surface area contributed by atoms with Gasteiger partial charge in [-0.1, -0.05) is 0 Å². The molecule has 9 heteroatoms. The van der Waals surface area contributed by atoms with Crippen molar-refractivity contribution in [1.29, 1.82) is 0 Å². The molecule has 1 fully saturated rings. The highest BCUT2D eigenvalue weighted by atomic mass is 16.6. The van der Waals surface area contributed by atoms with E-state index in [4.69, 9.17) is 4.74 Å². The summed E-state index contributed by atoms with van der Waals surface area (Å²) in [4.78, 5) is 41.8. The Morgan fingerprint density at radius 3 is 2.81 bits per heavy atom. The number of fused-ring (bicyclic) bond motifs is 1. The number of likely N-dealkylation sites (tertiary alicyclic amines) is 1. The van der Waals surface area contributed by atoms with Crippen molar-refractivity contribution in [3.63, 3.8) is 0 Å². The van der Waals surface area contributed by atoms with Crippen molar-refractivity contribution in [2.75, 3.05) is 6.54 Å². The topological polar surface area (TPSA) is 114 Å². The van der Waals surface area contributed by atoms with Crippen LogP contribution in [0.3, 0.4) is 0 Å². The first-order chi connectivity index (χ1) is 12.7. The Morgan fingerprint density at radius 2 is 2.15 bits per heavy atom. The number of nitrogens with one attached hydrogen (secondary N) is 1. The fourth-order valence-electron chi connectivity index (χ4n) is 3.10. The van der Waals surface area contributed by atoms with Crippen molar-refractivity contribution in [1.82, 2.24) is 19.8 Å². The quantitative estimate of drug-likeness (QED) is 0.851. The third-order valence-electron chi connectivity index (χ3n) is 4.18. The zero-order valence-electron chi connectivity index (χ0n) is 15.4. The molecular formula is C18H22N4O5. The van der Waals surface area contributed by atoms with Crippen molar-refractivity contribution in [2.45, 2.75) is 45.4 Å². The molecule has 0 radical (unpaired) electrons. The van der Waals surface area contributed by atoms with Crippen molar-refractivity contribution in [3.05, 3.63) is 30.1 Å². The molecule has 1 aliphatic rings. The maximum Gasteiger partial charge on any atom is 0.416 e. The molecule has 1 aliphatic heterocycles.